The molecule has 76 valence electrons. The maximum absolute atomic E-state index is 10.7. The van der Waals surface area contributed by atoms with E-state index >= 15 is 0 Å². The highest BCUT2D eigenvalue weighted by Crippen LogP contribution is 2.17. The molecule has 1 aromatic carbocycles. The number of carbonyl (C=O) groups is 1. The Morgan fingerprint density at radius 1 is 1.00 bits per heavy atom. The maximum Gasteiger partial charge on any atom is 0.170 e. The van der Waals surface area contributed by atoms with Crippen LogP contribution in [0.25, 0.3) is 11.0 Å². The summed E-state index contributed by atoms with van der Waals surface area (Å²) in [4.78, 5) is 19.3. The molecular formula is C12H12N2O. The molecule has 1 heterocycles. The number of fused-ring (bicyclic) bond motifs is 1. The van der Waals surface area contributed by atoms with Crippen LogP contribution in [-0.4, -0.2) is 16.3 Å². The topological polar surface area (TPSA) is 42.9 Å². The Hall–Kier alpha value is -1.77. The van der Waals surface area contributed by atoms with Crippen molar-refractivity contribution in [2.24, 2.45) is 0 Å². The van der Waals surface area contributed by atoms with Crippen LogP contribution in [0.4, 0.5) is 0 Å². The highest BCUT2D eigenvalue weighted by Gasteiger charge is 2.05. The highest BCUT2D eigenvalue weighted by atomic mass is 16.1. The summed E-state index contributed by atoms with van der Waals surface area (Å²) in [7, 11) is 0. The van der Waals surface area contributed by atoms with Gasteiger partial charge in [0.25, 0.3) is 0 Å². The predicted octanol–water partition coefficient (Wildman–Crippen LogP) is 2.37. The molecule has 0 aliphatic carbocycles. The molecule has 0 saturated carbocycles. The lowest BCUT2D eigenvalue weighted by molar-refractivity contribution is 0.111. The van der Waals surface area contributed by atoms with Gasteiger partial charge in [-0.2, -0.15) is 0 Å². The summed E-state index contributed by atoms with van der Waals surface area (Å²) in [5.74, 6) is 0. The van der Waals surface area contributed by atoms with Gasteiger partial charge in [-0.15, -0.1) is 0 Å². The van der Waals surface area contributed by atoms with E-state index in [-0.39, 0.29) is 0 Å². The van der Waals surface area contributed by atoms with Gasteiger partial charge in [0.1, 0.15) is 5.69 Å². The van der Waals surface area contributed by atoms with Crippen LogP contribution in [0.5, 0.6) is 0 Å². The van der Waals surface area contributed by atoms with Crippen LogP contribution in [0, 0.1) is 20.8 Å². The normalized spacial score (nSPS) is 10.6. The van der Waals surface area contributed by atoms with Crippen molar-refractivity contribution >= 4 is 17.3 Å². The Morgan fingerprint density at radius 2 is 1.53 bits per heavy atom. The Balaban J connectivity index is 2.82. The van der Waals surface area contributed by atoms with Crippen LogP contribution >= 0.6 is 0 Å². The van der Waals surface area contributed by atoms with Gasteiger partial charge in [0.05, 0.1) is 16.7 Å². The van der Waals surface area contributed by atoms with Crippen LogP contribution in [0.1, 0.15) is 27.3 Å². The molecular weight excluding hydrogens is 188 g/mol. The lowest BCUT2D eigenvalue weighted by atomic mass is 10.1. The molecule has 15 heavy (non-hydrogen) atoms. The molecule has 0 unspecified atom stereocenters. The molecule has 2 aromatic rings. The lowest BCUT2D eigenvalue weighted by Gasteiger charge is -2.04. The van der Waals surface area contributed by atoms with E-state index in [0.29, 0.717) is 11.4 Å². The van der Waals surface area contributed by atoms with Gasteiger partial charge in [-0.25, -0.2) is 9.97 Å². The smallest absolute Gasteiger partial charge is 0.170 e. The average Bonchev–Trinajstić information content (AvgIpc) is 2.20. The molecule has 3 heteroatoms. The van der Waals surface area contributed by atoms with E-state index in [1.54, 1.807) is 6.92 Å². The molecule has 0 bridgehead atoms. The molecule has 0 saturated heterocycles. The predicted molar refractivity (Wildman–Crippen MR) is 59.1 cm³/mol. The fraction of sp³-hybridized carbons (Fsp3) is 0.250. The third-order valence-electron chi connectivity index (χ3n) is 2.60. The third-order valence-corrected chi connectivity index (χ3v) is 2.60. The van der Waals surface area contributed by atoms with E-state index in [2.05, 4.69) is 9.97 Å². The monoisotopic (exact) mass is 200 g/mol. The minimum atomic E-state index is 0.422. The molecule has 3 nitrogen and oxygen atoms in total. The van der Waals surface area contributed by atoms with Crippen molar-refractivity contribution in [3.63, 3.8) is 0 Å². The van der Waals surface area contributed by atoms with E-state index in [1.165, 1.54) is 5.56 Å². The molecule has 0 atom stereocenters. The first-order valence-corrected chi connectivity index (χ1v) is 4.82. The van der Waals surface area contributed by atoms with Gasteiger partial charge < -0.3 is 0 Å². The second-order valence-electron chi connectivity index (χ2n) is 3.74. The molecule has 0 fully saturated rings. The van der Waals surface area contributed by atoms with Crippen molar-refractivity contribution in [3.05, 3.63) is 34.6 Å². The SMILES string of the molecule is Cc1cc2nc(C)c(C=O)nc2cc1C. The first-order valence-electron chi connectivity index (χ1n) is 4.82. The summed E-state index contributed by atoms with van der Waals surface area (Å²) < 4.78 is 0. The summed E-state index contributed by atoms with van der Waals surface area (Å²) in [6.45, 7) is 5.86. The quantitative estimate of drug-likeness (QED) is 0.664. The molecule has 0 amide bonds. The van der Waals surface area contributed by atoms with E-state index in [1.807, 2.05) is 26.0 Å². The van der Waals surface area contributed by atoms with E-state index in [4.69, 9.17) is 0 Å². The van der Waals surface area contributed by atoms with Gasteiger partial charge in [-0.05, 0) is 44.0 Å². The van der Waals surface area contributed by atoms with Crippen molar-refractivity contribution in [2.45, 2.75) is 20.8 Å². The molecule has 0 aliphatic rings. The van der Waals surface area contributed by atoms with Crippen molar-refractivity contribution < 1.29 is 4.79 Å². The molecule has 0 radical (unpaired) electrons. The van der Waals surface area contributed by atoms with Gasteiger partial charge >= 0.3 is 0 Å². The molecule has 0 aliphatic heterocycles. The summed E-state index contributed by atoms with van der Waals surface area (Å²) in [5.41, 5.74) is 5.09. The van der Waals surface area contributed by atoms with E-state index in [9.17, 15) is 4.79 Å². The van der Waals surface area contributed by atoms with Crippen molar-refractivity contribution in [1.29, 1.82) is 0 Å². The lowest BCUT2D eigenvalue weighted by Crippen LogP contribution is -1.97. The number of hydrogen-bond donors (Lipinski definition) is 0. The number of aromatic nitrogens is 2. The first-order chi connectivity index (χ1) is 7.11. The maximum atomic E-state index is 10.7. The van der Waals surface area contributed by atoms with Crippen molar-refractivity contribution in [3.8, 4) is 0 Å². The van der Waals surface area contributed by atoms with Gasteiger partial charge in [-0.3, -0.25) is 4.79 Å². The number of nitrogens with zero attached hydrogens (tertiary/aromatic N) is 2. The Labute approximate surface area is 88.2 Å². The van der Waals surface area contributed by atoms with Crippen molar-refractivity contribution in [2.75, 3.05) is 0 Å². The van der Waals surface area contributed by atoms with Gasteiger partial charge in [-0.1, -0.05) is 0 Å². The Bertz CT molecular complexity index is 547. The number of rotatable bonds is 1. The summed E-state index contributed by atoms with van der Waals surface area (Å²) in [6.07, 6.45) is 0.747. The minimum absolute atomic E-state index is 0.422. The molecule has 1 aromatic heterocycles. The second-order valence-corrected chi connectivity index (χ2v) is 3.74. The Kier molecular flexibility index (Phi) is 2.23. The van der Waals surface area contributed by atoms with Crippen LogP contribution < -0.4 is 0 Å². The zero-order chi connectivity index (χ0) is 11.0. The highest BCUT2D eigenvalue weighted by molar-refractivity contribution is 5.82. The number of carbonyl (C=O) groups excluding carboxylic acids is 1. The number of benzene rings is 1. The second kappa shape index (κ2) is 3.42. The Morgan fingerprint density at radius 3 is 2.07 bits per heavy atom. The third kappa shape index (κ3) is 1.61. The molecule has 2 rings (SSSR count). The van der Waals surface area contributed by atoms with Crippen LogP contribution in [0.15, 0.2) is 12.1 Å². The number of aryl methyl sites for hydroxylation is 3. The van der Waals surface area contributed by atoms with Crippen LogP contribution in [-0.2, 0) is 0 Å². The van der Waals surface area contributed by atoms with Gasteiger partial charge in [0.2, 0.25) is 0 Å². The zero-order valence-corrected chi connectivity index (χ0v) is 9.03. The summed E-state index contributed by atoms with van der Waals surface area (Å²) in [6, 6.07) is 3.96. The largest absolute Gasteiger partial charge is 0.296 e. The number of hydrogen-bond acceptors (Lipinski definition) is 3. The minimum Gasteiger partial charge on any atom is -0.296 e. The van der Waals surface area contributed by atoms with E-state index in [0.717, 1.165) is 22.9 Å². The fourth-order valence-electron chi connectivity index (χ4n) is 1.53. The van der Waals surface area contributed by atoms with Crippen molar-refractivity contribution in [1.82, 2.24) is 9.97 Å². The van der Waals surface area contributed by atoms with E-state index < -0.39 is 0 Å². The standard InChI is InChI=1S/C12H12N2O/c1-7-4-10-11(5-8(7)2)14-12(6-15)9(3)13-10/h4-6H,1-3H3. The molecule has 0 spiro atoms. The summed E-state index contributed by atoms with van der Waals surface area (Å²) >= 11 is 0. The van der Waals surface area contributed by atoms with Gasteiger partial charge in [0.15, 0.2) is 6.29 Å². The van der Waals surface area contributed by atoms with Gasteiger partial charge in [0, 0.05) is 0 Å². The summed E-state index contributed by atoms with van der Waals surface area (Å²) in [5, 5.41) is 0. The molecule has 0 N–H and O–H groups in total. The van der Waals surface area contributed by atoms with Crippen LogP contribution in [0.2, 0.25) is 0 Å². The number of aldehydes is 1. The van der Waals surface area contributed by atoms with Crippen LogP contribution in [0.3, 0.4) is 0 Å². The zero-order valence-electron chi connectivity index (χ0n) is 9.03. The average molecular weight is 200 g/mol. The first kappa shape index (κ1) is 9.77. The fourth-order valence-corrected chi connectivity index (χ4v) is 1.53.